The number of carbonyl (C=O) groups is 2. The molecule has 1 saturated heterocycles. The zero-order valence-corrected chi connectivity index (χ0v) is 16.3. The molecule has 28 heavy (non-hydrogen) atoms. The number of carbonyl (C=O) groups excluding carboxylic acids is 2. The molecule has 1 aliphatic heterocycles. The summed E-state index contributed by atoms with van der Waals surface area (Å²) < 4.78 is 10.3. The number of hydrogen-bond donors (Lipinski definition) is 1. The van der Waals surface area contributed by atoms with Gasteiger partial charge in [-0.2, -0.15) is 0 Å². The van der Waals surface area contributed by atoms with Crippen LogP contribution in [0.2, 0.25) is 0 Å². The van der Waals surface area contributed by atoms with Crippen LogP contribution in [0.1, 0.15) is 28.8 Å². The van der Waals surface area contributed by atoms with E-state index in [1.165, 1.54) is 0 Å². The summed E-state index contributed by atoms with van der Waals surface area (Å²) in [6.07, 6.45) is 1.90. The van der Waals surface area contributed by atoms with E-state index in [9.17, 15) is 9.59 Å². The number of benzene rings is 2. The van der Waals surface area contributed by atoms with E-state index in [1.54, 1.807) is 38.5 Å². The van der Waals surface area contributed by atoms with Crippen molar-refractivity contribution in [3.63, 3.8) is 0 Å². The van der Waals surface area contributed by atoms with Crippen molar-refractivity contribution in [2.45, 2.75) is 25.3 Å². The Bertz CT molecular complexity index is 794. The van der Waals surface area contributed by atoms with Crippen LogP contribution in [0.4, 0.5) is 0 Å². The molecule has 2 aromatic rings. The van der Waals surface area contributed by atoms with Crippen LogP contribution < -0.4 is 14.8 Å². The molecule has 1 N–H and O–H groups in total. The highest BCUT2D eigenvalue weighted by Gasteiger charge is 2.24. The number of hydrogen-bond acceptors (Lipinski definition) is 4. The van der Waals surface area contributed by atoms with Gasteiger partial charge in [-0.25, -0.2) is 0 Å². The van der Waals surface area contributed by atoms with Crippen LogP contribution in [0.25, 0.3) is 0 Å². The van der Waals surface area contributed by atoms with Crippen molar-refractivity contribution in [1.82, 2.24) is 10.2 Å². The van der Waals surface area contributed by atoms with Gasteiger partial charge in [-0.1, -0.05) is 12.1 Å². The van der Waals surface area contributed by atoms with E-state index in [2.05, 4.69) is 5.32 Å². The minimum atomic E-state index is -0.0920. The predicted molar refractivity (Wildman–Crippen MR) is 107 cm³/mol. The SMILES string of the molecule is COc1ccc(CC(=O)N2CCC(NC(=O)c3ccc(OC)cc3)CC2)cc1. The molecule has 0 aromatic heterocycles. The van der Waals surface area contributed by atoms with Gasteiger partial charge < -0.3 is 19.7 Å². The summed E-state index contributed by atoms with van der Waals surface area (Å²) in [6.45, 7) is 1.31. The Labute approximate surface area is 165 Å². The number of ether oxygens (including phenoxy) is 2. The molecule has 6 heteroatoms. The lowest BCUT2D eigenvalue weighted by molar-refractivity contribution is -0.131. The van der Waals surface area contributed by atoms with Crippen LogP contribution >= 0.6 is 0 Å². The summed E-state index contributed by atoms with van der Waals surface area (Å²) >= 11 is 0. The number of likely N-dealkylation sites (tertiary alicyclic amines) is 1. The fourth-order valence-corrected chi connectivity index (χ4v) is 3.31. The standard InChI is InChI=1S/C22H26N2O4/c1-27-19-7-3-16(4-8-19)15-21(25)24-13-11-18(12-14-24)23-22(26)17-5-9-20(28-2)10-6-17/h3-10,18H,11-15H2,1-2H3,(H,23,26). The number of methoxy groups -OCH3 is 2. The van der Waals surface area contributed by atoms with E-state index >= 15 is 0 Å². The van der Waals surface area contributed by atoms with Gasteiger partial charge in [0.1, 0.15) is 11.5 Å². The Morgan fingerprint density at radius 2 is 1.46 bits per heavy atom. The van der Waals surface area contributed by atoms with Gasteiger partial charge in [0.2, 0.25) is 5.91 Å². The molecule has 0 bridgehead atoms. The molecule has 2 aromatic carbocycles. The van der Waals surface area contributed by atoms with Crippen molar-refractivity contribution in [2.24, 2.45) is 0 Å². The summed E-state index contributed by atoms with van der Waals surface area (Å²) in [7, 11) is 3.22. The predicted octanol–water partition coefficient (Wildman–Crippen LogP) is 2.67. The first kappa shape index (κ1) is 19.7. The van der Waals surface area contributed by atoms with Crippen molar-refractivity contribution in [2.75, 3.05) is 27.3 Å². The first-order valence-electron chi connectivity index (χ1n) is 9.44. The van der Waals surface area contributed by atoms with E-state index in [4.69, 9.17) is 9.47 Å². The Kier molecular flexibility index (Phi) is 6.53. The van der Waals surface area contributed by atoms with Crippen LogP contribution in [-0.4, -0.2) is 50.1 Å². The zero-order valence-electron chi connectivity index (χ0n) is 16.3. The Morgan fingerprint density at radius 3 is 2.00 bits per heavy atom. The van der Waals surface area contributed by atoms with Crippen LogP contribution in [0.5, 0.6) is 11.5 Å². The molecule has 0 unspecified atom stereocenters. The highest BCUT2D eigenvalue weighted by Crippen LogP contribution is 2.16. The summed E-state index contributed by atoms with van der Waals surface area (Å²) in [5.41, 5.74) is 1.58. The van der Waals surface area contributed by atoms with Gasteiger partial charge in [0.25, 0.3) is 5.91 Å². The van der Waals surface area contributed by atoms with Crippen LogP contribution in [0.15, 0.2) is 48.5 Å². The van der Waals surface area contributed by atoms with Gasteiger partial charge in [0.05, 0.1) is 20.6 Å². The van der Waals surface area contributed by atoms with Crippen molar-refractivity contribution in [1.29, 1.82) is 0 Å². The molecule has 0 radical (unpaired) electrons. The van der Waals surface area contributed by atoms with Crippen LogP contribution in [0.3, 0.4) is 0 Å². The topological polar surface area (TPSA) is 67.9 Å². The van der Waals surface area contributed by atoms with Gasteiger partial charge in [0, 0.05) is 24.7 Å². The molecule has 1 heterocycles. The van der Waals surface area contributed by atoms with Crippen molar-refractivity contribution in [3.8, 4) is 11.5 Å². The maximum atomic E-state index is 12.5. The van der Waals surface area contributed by atoms with Gasteiger partial charge >= 0.3 is 0 Å². The van der Waals surface area contributed by atoms with Gasteiger partial charge in [0.15, 0.2) is 0 Å². The third kappa shape index (κ3) is 5.03. The van der Waals surface area contributed by atoms with Gasteiger partial charge in [-0.3, -0.25) is 9.59 Å². The van der Waals surface area contributed by atoms with Crippen molar-refractivity contribution in [3.05, 3.63) is 59.7 Å². The molecule has 6 nitrogen and oxygen atoms in total. The maximum Gasteiger partial charge on any atom is 0.251 e. The van der Waals surface area contributed by atoms with Crippen molar-refractivity contribution >= 4 is 11.8 Å². The fraction of sp³-hybridized carbons (Fsp3) is 0.364. The van der Waals surface area contributed by atoms with Crippen LogP contribution in [-0.2, 0) is 11.2 Å². The van der Waals surface area contributed by atoms with E-state index < -0.39 is 0 Å². The minimum absolute atomic E-state index is 0.0830. The normalized spacial score (nSPS) is 14.4. The van der Waals surface area contributed by atoms with E-state index in [0.717, 1.165) is 29.9 Å². The molecular formula is C22H26N2O4. The number of nitrogens with zero attached hydrogens (tertiary/aromatic N) is 1. The summed E-state index contributed by atoms with van der Waals surface area (Å²) in [5.74, 6) is 1.53. The molecule has 3 rings (SSSR count). The molecule has 1 fully saturated rings. The number of amides is 2. The number of piperidine rings is 1. The first-order chi connectivity index (χ1) is 13.6. The average Bonchev–Trinajstić information content (AvgIpc) is 2.74. The van der Waals surface area contributed by atoms with Gasteiger partial charge in [-0.05, 0) is 54.8 Å². The Balaban J connectivity index is 1.46. The monoisotopic (exact) mass is 382 g/mol. The molecule has 148 valence electrons. The summed E-state index contributed by atoms with van der Waals surface area (Å²) in [6, 6.07) is 14.7. The highest BCUT2D eigenvalue weighted by atomic mass is 16.5. The summed E-state index contributed by atoms with van der Waals surface area (Å²) in [4.78, 5) is 26.8. The maximum absolute atomic E-state index is 12.5. The fourth-order valence-electron chi connectivity index (χ4n) is 3.31. The third-order valence-electron chi connectivity index (χ3n) is 5.05. The van der Waals surface area contributed by atoms with Crippen molar-refractivity contribution < 1.29 is 19.1 Å². The first-order valence-corrected chi connectivity index (χ1v) is 9.44. The van der Waals surface area contributed by atoms with E-state index in [1.807, 2.05) is 29.2 Å². The molecule has 0 atom stereocenters. The zero-order chi connectivity index (χ0) is 19.9. The Morgan fingerprint density at radius 1 is 0.929 bits per heavy atom. The minimum Gasteiger partial charge on any atom is -0.497 e. The number of nitrogens with one attached hydrogen (secondary N) is 1. The smallest absolute Gasteiger partial charge is 0.251 e. The van der Waals surface area contributed by atoms with Crippen LogP contribution in [0, 0.1) is 0 Å². The van der Waals surface area contributed by atoms with E-state index in [0.29, 0.717) is 25.1 Å². The lowest BCUT2D eigenvalue weighted by Crippen LogP contribution is -2.46. The second kappa shape index (κ2) is 9.26. The quantitative estimate of drug-likeness (QED) is 0.834. The molecule has 2 amide bonds. The largest absolute Gasteiger partial charge is 0.497 e. The molecular weight excluding hydrogens is 356 g/mol. The molecule has 0 saturated carbocycles. The number of rotatable bonds is 6. The lowest BCUT2D eigenvalue weighted by Gasteiger charge is -2.32. The van der Waals surface area contributed by atoms with Gasteiger partial charge in [-0.15, -0.1) is 0 Å². The second-order valence-corrected chi connectivity index (χ2v) is 6.88. The molecule has 1 aliphatic rings. The highest BCUT2D eigenvalue weighted by molar-refractivity contribution is 5.94. The second-order valence-electron chi connectivity index (χ2n) is 6.88. The lowest BCUT2D eigenvalue weighted by atomic mass is 10.0. The molecule has 0 aliphatic carbocycles. The average molecular weight is 382 g/mol. The third-order valence-corrected chi connectivity index (χ3v) is 5.05. The van der Waals surface area contributed by atoms with E-state index in [-0.39, 0.29) is 17.9 Å². The Hall–Kier alpha value is -3.02. The summed E-state index contributed by atoms with van der Waals surface area (Å²) in [5, 5.41) is 3.06. The molecule has 0 spiro atoms.